The van der Waals surface area contributed by atoms with Crippen molar-refractivity contribution in [2.24, 2.45) is 11.5 Å². The van der Waals surface area contributed by atoms with Crippen LogP contribution in [-0.2, 0) is 71.7 Å². The average molecular weight is 2220 g/mol. The molecule has 0 spiro atoms. The van der Waals surface area contributed by atoms with Crippen LogP contribution in [0.3, 0.4) is 0 Å². The van der Waals surface area contributed by atoms with E-state index in [-0.39, 0.29) is 85.1 Å². The van der Waals surface area contributed by atoms with Crippen LogP contribution >= 0.6 is 101 Å². The number of hydrogen-bond donors (Lipinski definition) is 9. The van der Waals surface area contributed by atoms with Crippen LogP contribution in [-0.4, -0.2) is 182 Å². The average Bonchev–Trinajstić information content (AvgIpc) is 1.08. The largest absolute Gasteiger partial charge is 0.489 e. The molecule has 0 saturated carbocycles. The number of halogens is 9. The van der Waals surface area contributed by atoms with E-state index in [4.69, 9.17) is 75.7 Å². The lowest BCUT2D eigenvalue weighted by Gasteiger charge is -2.22. The molecule has 0 radical (unpaired) electrons. The Kier molecular flexibility index (Phi) is 53.0. The Morgan fingerprint density at radius 3 is 1.16 bits per heavy atom. The van der Waals surface area contributed by atoms with Crippen molar-refractivity contribution in [1.82, 2.24) is 41.5 Å². The molecule has 7 aromatic carbocycles. The van der Waals surface area contributed by atoms with Crippen LogP contribution in [0.25, 0.3) is 31.7 Å². The third kappa shape index (κ3) is 45.7. The van der Waals surface area contributed by atoms with Crippen molar-refractivity contribution in [3.8, 4) is 49.0 Å². The number of hydrogen-bond acceptors (Lipinski definition) is 27. The van der Waals surface area contributed by atoms with Crippen molar-refractivity contribution < 1.29 is 123 Å². The number of likely N-dealkylation sites (N-methyl/N-ethyl adjacent to an activating group) is 1. The Morgan fingerprint density at radius 1 is 0.493 bits per heavy atom. The second kappa shape index (κ2) is 60.8. The zero-order valence-corrected chi connectivity index (χ0v) is 87.4. The first kappa shape index (κ1) is 124. The van der Waals surface area contributed by atoms with Gasteiger partial charge in [0.1, 0.15) is 84.3 Å². The second-order valence-electron chi connectivity index (χ2n) is 32.9. The van der Waals surface area contributed by atoms with E-state index in [0.29, 0.717) is 31.5 Å². The highest BCUT2D eigenvalue weighted by molar-refractivity contribution is 9.11. The minimum Gasteiger partial charge on any atom is -0.489 e. The van der Waals surface area contributed by atoms with E-state index in [1.807, 2.05) is 146 Å². The van der Waals surface area contributed by atoms with Crippen molar-refractivity contribution in [3.05, 3.63) is 258 Å². The normalized spacial score (nSPS) is 11.7. The van der Waals surface area contributed by atoms with E-state index in [9.17, 15) is 79.8 Å². The Balaban J connectivity index is 0.000000435. The number of methoxy groups -OCH3 is 2. The minimum absolute atomic E-state index is 0. The second-order valence-corrected chi connectivity index (χ2v) is 38.5. The Bertz CT molecular complexity index is 5840. The highest BCUT2D eigenvalue weighted by Gasteiger charge is 2.33. The molecule has 44 heteroatoms. The summed E-state index contributed by atoms with van der Waals surface area (Å²) in [5.74, 6) is -17.9. The van der Waals surface area contributed by atoms with Gasteiger partial charge in [0.25, 0.3) is 5.91 Å². The summed E-state index contributed by atoms with van der Waals surface area (Å²) in [4.78, 5) is 142. The molecule has 0 bridgehead atoms. The molecule has 10 rings (SSSR count). The van der Waals surface area contributed by atoms with Crippen LogP contribution in [0.4, 0.5) is 36.3 Å². The molecule has 3 aromatic heterocycles. The molecule has 31 nitrogen and oxygen atoms in total. The first-order valence-electron chi connectivity index (χ1n) is 42.4. The Labute approximate surface area is 863 Å². The molecule has 0 aliphatic rings. The van der Waals surface area contributed by atoms with Gasteiger partial charge in [0.2, 0.25) is 40.7 Å². The Hall–Kier alpha value is -12.4. The molecule has 768 valence electrons. The molecule has 0 aliphatic carbocycles. The van der Waals surface area contributed by atoms with Gasteiger partial charge in [0.05, 0.1) is 64.4 Å². The third-order valence-corrected chi connectivity index (χ3v) is 21.6. The van der Waals surface area contributed by atoms with Crippen molar-refractivity contribution >= 4 is 172 Å². The maximum atomic E-state index is 13.5. The van der Waals surface area contributed by atoms with Crippen LogP contribution in [0.15, 0.2) is 185 Å². The number of carbonyl (C=O) groups excluding carboxylic acids is 9. The summed E-state index contributed by atoms with van der Waals surface area (Å²) in [5, 5.41) is 39.1. The number of carboxylic acids is 2. The van der Waals surface area contributed by atoms with Gasteiger partial charge in [-0.1, -0.05) is 203 Å². The van der Waals surface area contributed by atoms with E-state index in [1.165, 1.54) is 67.4 Å². The number of nitrogens with one attached hydrogen (secondary N) is 5. The monoisotopic (exact) mass is 2220 g/mol. The maximum Gasteiger partial charge on any atom is 0.408 e. The highest BCUT2D eigenvalue weighted by Crippen LogP contribution is 2.34. The number of carbonyl (C=O) groups is 11. The van der Waals surface area contributed by atoms with E-state index >= 15 is 0 Å². The number of thiazole rings is 3. The summed E-state index contributed by atoms with van der Waals surface area (Å²) in [6.45, 7) is 26.3. The van der Waals surface area contributed by atoms with E-state index < -0.39 is 136 Å². The number of thiocarbonyl (C=S) groups is 1. The number of amides is 5. The molecular formula is C98H113Br2Cl2F5N10O21S4. The van der Waals surface area contributed by atoms with Gasteiger partial charge in [-0.15, -0.1) is 34.0 Å². The fourth-order valence-electron chi connectivity index (χ4n) is 10.8. The van der Waals surface area contributed by atoms with Gasteiger partial charge in [-0.25, -0.2) is 61.7 Å². The zero-order valence-electron chi connectivity index (χ0n) is 79.4. The lowest BCUT2D eigenvalue weighted by molar-refractivity contribution is -0.144. The number of nitrogens with two attached hydrogens (primary N) is 2. The smallest absolute Gasteiger partial charge is 0.408 e. The third-order valence-electron chi connectivity index (χ3n) is 17.0. The van der Waals surface area contributed by atoms with Gasteiger partial charge in [-0.3, -0.25) is 19.2 Å². The molecule has 0 aliphatic heterocycles. The lowest BCUT2D eigenvalue weighted by Crippen LogP contribution is -2.47. The number of carboxylic acid groups (broad SMARTS) is 2. The van der Waals surface area contributed by atoms with Crippen molar-refractivity contribution in [2.45, 2.75) is 189 Å². The molecule has 10 aromatic rings. The predicted molar refractivity (Wildman–Crippen MR) is 547 cm³/mol. The standard InChI is InChI=1S/C23H24ClN3O3S.C17H20N2O4S.C16H10ClF5O3.C12H12N2O2S.C11H18BrNO5.C11H18BrNO4.C7H7NS.CH4/c1-14(2)30-20-10-9-16(11-18(20)24)21(28)27-19(22(29)25-3)12-17-13-31-23(26-17)15-7-5-4-6-8-15;1-17(2,3)23-16(22)19-13(15(20)21)9-12-10-24-14(18-12)11-7-5-4-6-8-11;1-6(2)24-9-4-3-7(5-8(9)17)16(23)25-15-13(21)11(19)10(18)12(20)14(15)22;13-10(12(15)16)6-9-7-17-11(14-9)8-4-2-1-3-5-8;1-11(2,3)18-10(16)13-8(9(15)17-4)5-7(14)6-12;1-7(12)6-8(9(14)16-5)13-10(15)17-11(2,3)4;8-7(9)6-4-2-1-3-5-6;/h4-11,13-14,19H,12H2,1-3H3,(H,25,29)(H,27,28);4-8,10,13H,9H2,1-3H3,(H,19,22)(H,20,21);3-6H,1-2H3;1-5,7,10H,6,13H2,(H,15,16);8H,5-6H2,1-4H3,(H,13,16);8H,1,6H2,2-5H3,(H,13,15);1-5H,(H2,8,9);1H4/t19-;13-;;10-;2*8-;;/m00.000../s1. The number of aliphatic carboxylic acids is 2. The van der Waals surface area contributed by atoms with Gasteiger partial charge in [0.15, 0.2) is 0 Å². The van der Waals surface area contributed by atoms with Crippen molar-refractivity contribution in [2.75, 3.05) is 26.6 Å². The number of Topliss-reactive ketones (excluding diaryl/α,β-unsaturated/α-hetero) is 1. The van der Waals surface area contributed by atoms with Crippen molar-refractivity contribution in [3.63, 3.8) is 0 Å². The number of alkyl carbamates (subject to hydrolysis) is 3. The van der Waals surface area contributed by atoms with Crippen LogP contribution in [0.2, 0.25) is 10.0 Å². The number of ether oxygens (including phenoxy) is 8. The molecule has 11 N–H and O–H groups in total. The quantitative estimate of drug-likeness (QED) is 0.00285. The van der Waals surface area contributed by atoms with Crippen LogP contribution in [0.1, 0.15) is 154 Å². The fourth-order valence-corrected chi connectivity index (χ4v) is 14.5. The van der Waals surface area contributed by atoms with Crippen molar-refractivity contribution in [1.29, 1.82) is 0 Å². The number of alkyl halides is 1. The number of rotatable bonds is 31. The van der Waals surface area contributed by atoms with Gasteiger partial charge in [-0.05, 0) is 131 Å². The summed E-state index contributed by atoms with van der Waals surface area (Å²) in [6.07, 6.45) is -1.69. The summed E-state index contributed by atoms with van der Waals surface area (Å²) in [7, 11) is 3.97. The minimum atomic E-state index is -2.35. The van der Waals surface area contributed by atoms with E-state index in [1.54, 1.807) is 93.7 Å². The van der Waals surface area contributed by atoms with Crippen LogP contribution in [0.5, 0.6) is 17.2 Å². The number of esters is 3. The molecule has 5 atom stereocenters. The van der Waals surface area contributed by atoms with Gasteiger partial charge >= 0.3 is 48.1 Å². The van der Waals surface area contributed by atoms with E-state index in [2.05, 4.69) is 94.2 Å². The first-order chi connectivity index (χ1) is 66.1. The van der Waals surface area contributed by atoms with Gasteiger partial charge < -0.3 is 86.2 Å². The van der Waals surface area contributed by atoms with Gasteiger partial charge in [0, 0.05) is 83.1 Å². The van der Waals surface area contributed by atoms with Crippen LogP contribution < -0.4 is 52.3 Å². The molecule has 0 saturated heterocycles. The number of ketones is 1. The number of nitrogens with zero attached hydrogens (tertiary/aromatic N) is 3. The summed E-state index contributed by atoms with van der Waals surface area (Å²) in [5.41, 5.74) is 14.9. The fraction of sp³-hybridized carbons (Fsp3) is 0.337. The molecule has 3 heterocycles. The summed E-state index contributed by atoms with van der Waals surface area (Å²) in [6, 6.07) is 42.5. The molecule has 0 fully saturated rings. The molecule has 0 unspecified atom stereocenters. The zero-order chi connectivity index (χ0) is 106. The number of aromatic nitrogens is 3. The molecule has 5 amide bonds. The Morgan fingerprint density at radius 2 is 0.838 bits per heavy atom. The summed E-state index contributed by atoms with van der Waals surface area (Å²) < 4.78 is 106. The van der Waals surface area contributed by atoms with E-state index in [0.717, 1.165) is 60.8 Å². The van der Waals surface area contributed by atoms with Gasteiger partial charge in [-0.2, -0.15) is 8.78 Å². The summed E-state index contributed by atoms with van der Waals surface area (Å²) >= 11 is 27.4. The topological polar surface area (TPSA) is 453 Å². The van der Waals surface area contributed by atoms with Crippen LogP contribution in [0, 0.1) is 29.1 Å². The first-order valence-corrected chi connectivity index (χ1v) is 48.1. The molecule has 142 heavy (non-hydrogen) atoms. The lowest BCUT2D eigenvalue weighted by atomic mass is 10.1. The maximum absolute atomic E-state index is 13.5. The molecular weight excluding hydrogens is 2110 g/mol. The predicted octanol–water partition coefficient (Wildman–Crippen LogP) is 20.2. The number of benzene rings is 7. The highest BCUT2D eigenvalue weighted by atomic mass is 79.9. The SMILES string of the molecule is C.C=C(Br)C[C@H](NC(=O)OC(C)(C)C)C(=O)OC.CC(C)(C)OC(=O)N[C@@H](Cc1csc(-c2ccccc2)n1)C(=O)O.CC(C)Oc1ccc(C(=O)Oc2c(F)c(F)c(F)c(F)c2F)cc1Cl.CNC(=O)[C@H](Cc1csc(-c2ccccc2)n1)NC(=O)c1ccc(OC(C)C)c(Cl)c1.COC(=O)[C@H](CC(=O)CBr)NC(=O)OC(C)(C)C.NC(=S)c1ccccc1.N[C@@H](Cc1csc(-c2ccccc2)n1)C(=O)O.